The van der Waals surface area contributed by atoms with E-state index in [4.69, 9.17) is 9.52 Å². The molecule has 8 nitrogen and oxygen atoms in total. The molecule has 0 fully saturated rings. The second kappa shape index (κ2) is 7.08. The van der Waals surface area contributed by atoms with Gasteiger partial charge in [-0.05, 0) is 31.7 Å². The minimum absolute atomic E-state index is 0.151. The van der Waals surface area contributed by atoms with Crippen LogP contribution in [0.1, 0.15) is 32.0 Å². The minimum atomic E-state index is -3.77. The average Bonchev–Trinajstić information content (AvgIpc) is 2.97. The van der Waals surface area contributed by atoms with Crippen molar-refractivity contribution in [3.63, 3.8) is 0 Å². The fraction of sp³-hybridized carbons (Fsp3) is 0.250. The average molecular weight is 366 g/mol. The van der Waals surface area contributed by atoms with Gasteiger partial charge in [-0.1, -0.05) is 12.1 Å². The highest BCUT2D eigenvalue weighted by Gasteiger charge is 2.24. The minimum Gasteiger partial charge on any atom is -0.478 e. The number of carbonyl (C=O) groups excluding carboxylic acids is 1. The molecule has 1 amide bonds. The van der Waals surface area contributed by atoms with Crippen LogP contribution in [0.5, 0.6) is 0 Å². The molecule has 0 aliphatic heterocycles. The number of carbonyl (C=O) groups is 2. The van der Waals surface area contributed by atoms with Gasteiger partial charge in [0.15, 0.2) is 0 Å². The van der Waals surface area contributed by atoms with E-state index in [2.05, 4.69) is 4.72 Å². The van der Waals surface area contributed by atoms with Crippen LogP contribution < -0.4 is 4.72 Å². The Balaban J connectivity index is 2.18. The summed E-state index contributed by atoms with van der Waals surface area (Å²) in [7, 11) is -0.961. The molecule has 0 saturated carbocycles. The third-order valence-electron chi connectivity index (χ3n) is 3.63. The van der Waals surface area contributed by atoms with Gasteiger partial charge in [0.1, 0.15) is 5.76 Å². The Labute approximate surface area is 145 Å². The van der Waals surface area contributed by atoms with E-state index in [1.165, 1.54) is 37.1 Å². The van der Waals surface area contributed by atoms with Gasteiger partial charge < -0.3 is 14.4 Å². The smallest absolute Gasteiger partial charge is 0.335 e. The Morgan fingerprint density at radius 3 is 2.36 bits per heavy atom. The Hall–Kier alpha value is -2.65. The van der Waals surface area contributed by atoms with E-state index in [-0.39, 0.29) is 28.5 Å². The standard InChI is InChI=1S/C16H18N2O6S/c1-10-13(8-14(24-10)25(22,23)17-2)15(19)18(3)9-11-4-6-12(7-5-11)16(20)21/h4-8,17H,9H2,1-3H3,(H,20,21). The number of hydrogen-bond acceptors (Lipinski definition) is 5. The molecule has 0 aliphatic carbocycles. The van der Waals surface area contributed by atoms with Crippen molar-refractivity contribution >= 4 is 21.9 Å². The molecule has 0 aliphatic rings. The number of nitrogens with one attached hydrogen (secondary N) is 1. The summed E-state index contributed by atoms with van der Waals surface area (Å²) in [6.45, 7) is 1.74. The lowest BCUT2D eigenvalue weighted by Crippen LogP contribution is -2.26. The van der Waals surface area contributed by atoms with Crippen LogP contribution in [0.2, 0.25) is 0 Å². The predicted molar refractivity (Wildman–Crippen MR) is 88.9 cm³/mol. The molecule has 0 bridgehead atoms. The fourth-order valence-electron chi connectivity index (χ4n) is 2.20. The zero-order valence-electron chi connectivity index (χ0n) is 13.9. The monoisotopic (exact) mass is 366 g/mol. The maximum absolute atomic E-state index is 12.5. The lowest BCUT2D eigenvalue weighted by molar-refractivity contribution is 0.0695. The molecular weight excluding hydrogens is 348 g/mol. The number of benzene rings is 1. The van der Waals surface area contributed by atoms with Gasteiger partial charge in [-0.25, -0.2) is 17.9 Å². The number of sulfonamides is 1. The summed E-state index contributed by atoms with van der Waals surface area (Å²) in [5.74, 6) is -1.23. The number of carboxylic acids is 1. The van der Waals surface area contributed by atoms with Crippen LogP contribution in [0.3, 0.4) is 0 Å². The van der Waals surface area contributed by atoms with E-state index in [1.807, 2.05) is 0 Å². The van der Waals surface area contributed by atoms with Gasteiger partial charge >= 0.3 is 5.97 Å². The fourth-order valence-corrected chi connectivity index (χ4v) is 2.91. The van der Waals surface area contributed by atoms with Gasteiger partial charge in [0.2, 0.25) is 5.09 Å². The van der Waals surface area contributed by atoms with Crippen LogP contribution in [0.15, 0.2) is 39.8 Å². The number of nitrogens with zero attached hydrogens (tertiary/aromatic N) is 1. The third kappa shape index (κ3) is 4.06. The second-order valence-corrected chi connectivity index (χ2v) is 7.22. The Morgan fingerprint density at radius 1 is 1.24 bits per heavy atom. The summed E-state index contributed by atoms with van der Waals surface area (Å²) in [4.78, 5) is 24.8. The highest BCUT2D eigenvalue weighted by molar-refractivity contribution is 7.89. The molecule has 0 atom stereocenters. The van der Waals surface area contributed by atoms with E-state index in [0.29, 0.717) is 0 Å². The highest BCUT2D eigenvalue weighted by atomic mass is 32.2. The molecular formula is C16H18N2O6S. The molecule has 134 valence electrons. The Morgan fingerprint density at radius 2 is 1.84 bits per heavy atom. The molecule has 2 rings (SSSR count). The molecule has 2 N–H and O–H groups in total. The topological polar surface area (TPSA) is 117 Å². The normalized spacial score (nSPS) is 11.3. The van der Waals surface area contributed by atoms with E-state index >= 15 is 0 Å². The molecule has 0 radical (unpaired) electrons. The molecule has 25 heavy (non-hydrogen) atoms. The Kier molecular flexibility index (Phi) is 5.29. The first-order valence-electron chi connectivity index (χ1n) is 7.27. The molecule has 1 heterocycles. The van der Waals surface area contributed by atoms with Gasteiger partial charge in [0.05, 0.1) is 11.1 Å². The van der Waals surface area contributed by atoms with E-state index in [0.717, 1.165) is 5.56 Å². The molecule has 0 unspecified atom stereocenters. The first-order valence-corrected chi connectivity index (χ1v) is 8.75. The summed E-state index contributed by atoms with van der Waals surface area (Å²) in [6.07, 6.45) is 0. The summed E-state index contributed by atoms with van der Waals surface area (Å²) < 4.78 is 30.8. The Bertz CT molecular complexity index is 899. The van der Waals surface area contributed by atoms with E-state index in [9.17, 15) is 18.0 Å². The number of furan rings is 1. The maximum atomic E-state index is 12.5. The van der Waals surface area contributed by atoms with Gasteiger partial charge in [0, 0.05) is 19.7 Å². The zero-order chi connectivity index (χ0) is 18.8. The van der Waals surface area contributed by atoms with Crippen LogP contribution in [-0.4, -0.2) is 44.4 Å². The van der Waals surface area contributed by atoms with Crippen molar-refractivity contribution in [2.45, 2.75) is 18.6 Å². The molecule has 2 aromatic rings. The first-order chi connectivity index (χ1) is 11.7. The van der Waals surface area contributed by atoms with Crippen molar-refractivity contribution in [1.29, 1.82) is 0 Å². The van der Waals surface area contributed by atoms with Crippen LogP contribution in [0.25, 0.3) is 0 Å². The summed E-state index contributed by atoms with van der Waals surface area (Å²) >= 11 is 0. The van der Waals surface area contributed by atoms with Gasteiger partial charge in [-0.3, -0.25) is 4.79 Å². The number of rotatable bonds is 6. The number of aromatic carboxylic acids is 1. The molecule has 0 saturated heterocycles. The van der Waals surface area contributed by atoms with Crippen LogP contribution in [0, 0.1) is 6.92 Å². The van der Waals surface area contributed by atoms with Crippen molar-refractivity contribution in [2.24, 2.45) is 0 Å². The molecule has 1 aromatic carbocycles. The van der Waals surface area contributed by atoms with E-state index < -0.39 is 21.9 Å². The summed E-state index contributed by atoms with van der Waals surface area (Å²) in [5, 5.41) is 8.56. The number of amides is 1. The van der Waals surface area contributed by atoms with E-state index in [1.54, 1.807) is 19.2 Å². The van der Waals surface area contributed by atoms with Gasteiger partial charge in [0.25, 0.3) is 15.9 Å². The number of carboxylic acid groups (broad SMARTS) is 1. The molecule has 9 heteroatoms. The largest absolute Gasteiger partial charge is 0.478 e. The summed E-state index contributed by atoms with van der Waals surface area (Å²) in [6, 6.07) is 7.33. The van der Waals surface area contributed by atoms with Crippen LogP contribution >= 0.6 is 0 Å². The van der Waals surface area contributed by atoms with Gasteiger partial charge in [-0.2, -0.15) is 0 Å². The maximum Gasteiger partial charge on any atom is 0.335 e. The van der Waals surface area contributed by atoms with Crippen LogP contribution in [0.4, 0.5) is 0 Å². The summed E-state index contributed by atoms with van der Waals surface area (Å²) in [5.41, 5.74) is 1.05. The zero-order valence-corrected chi connectivity index (χ0v) is 14.8. The lowest BCUT2D eigenvalue weighted by atomic mass is 10.1. The van der Waals surface area contributed by atoms with Crippen molar-refractivity contribution in [1.82, 2.24) is 9.62 Å². The van der Waals surface area contributed by atoms with Crippen molar-refractivity contribution < 1.29 is 27.5 Å². The third-order valence-corrected chi connectivity index (χ3v) is 4.89. The molecule has 1 aromatic heterocycles. The first kappa shape index (κ1) is 18.7. The highest BCUT2D eigenvalue weighted by Crippen LogP contribution is 2.21. The van der Waals surface area contributed by atoms with Gasteiger partial charge in [-0.15, -0.1) is 0 Å². The quantitative estimate of drug-likeness (QED) is 0.799. The lowest BCUT2D eigenvalue weighted by Gasteiger charge is -2.16. The number of aryl methyl sites for hydroxylation is 1. The van der Waals surface area contributed by atoms with Crippen molar-refractivity contribution in [2.75, 3.05) is 14.1 Å². The number of hydrogen-bond donors (Lipinski definition) is 2. The van der Waals surface area contributed by atoms with Crippen LogP contribution in [-0.2, 0) is 16.6 Å². The van der Waals surface area contributed by atoms with Crippen molar-refractivity contribution in [3.05, 3.63) is 52.8 Å². The SMILES string of the molecule is CNS(=O)(=O)c1cc(C(=O)N(C)Cc2ccc(C(=O)O)cc2)c(C)o1. The molecule has 0 spiro atoms. The second-order valence-electron chi connectivity index (χ2n) is 5.41. The van der Waals surface area contributed by atoms with Crippen molar-refractivity contribution in [3.8, 4) is 0 Å². The predicted octanol–water partition coefficient (Wildman–Crippen LogP) is 1.47.